The molecule has 3 aromatic rings. The van der Waals surface area contributed by atoms with Gasteiger partial charge in [-0.15, -0.1) is 0 Å². The summed E-state index contributed by atoms with van der Waals surface area (Å²) in [4.78, 5) is 20.4. The summed E-state index contributed by atoms with van der Waals surface area (Å²) >= 11 is 0. The van der Waals surface area contributed by atoms with Crippen molar-refractivity contribution in [1.82, 2.24) is 19.9 Å². The molecule has 28 heavy (non-hydrogen) atoms. The molecule has 0 spiro atoms. The zero-order chi connectivity index (χ0) is 19.5. The molecule has 2 aromatic heterocycles. The Bertz CT molecular complexity index is 965. The monoisotopic (exact) mass is 379 g/mol. The Morgan fingerprint density at radius 2 is 2.00 bits per heavy atom. The molecule has 2 amide bonds. The molecule has 144 valence electrons. The van der Waals surface area contributed by atoms with E-state index in [1.165, 1.54) is 17.3 Å². The molecule has 1 aliphatic heterocycles. The molecule has 0 unspecified atom stereocenters. The Morgan fingerprint density at radius 3 is 2.75 bits per heavy atom. The molecule has 0 aliphatic carbocycles. The second-order valence-corrected chi connectivity index (χ2v) is 6.97. The third-order valence-corrected chi connectivity index (χ3v) is 5.05. The van der Waals surface area contributed by atoms with Crippen LogP contribution in [-0.4, -0.2) is 20.6 Å². The fourth-order valence-electron chi connectivity index (χ4n) is 3.68. The number of fused-ring (bicyclic) bond motifs is 1. The van der Waals surface area contributed by atoms with Crippen molar-refractivity contribution < 1.29 is 9.18 Å². The van der Waals surface area contributed by atoms with Crippen LogP contribution in [0.25, 0.3) is 0 Å². The maximum atomic E-state index is 12.9. The van der Waals surface area contributed by atoms with Crippen LogP contribution in [0.2, 0.25) is 0 Å². The second-order valence-electron chi connectivity index (χ2n) is 6.97. The Morgan fingerprint density at radius 1 is 1.18 bits per heavy atom. The molecule has 3 heterocycles. The van der Waals surface area contributed by atoms with Crippen molar-refractivity contribution in [2.75, 3.05) is 5.32 Å². The SMILES string of the molecule is Cc1ncc2n1[C@H](c1ccc(NC(=O)NCc3ccc(F)cn3)cc1)CCC2. The van der Waals surface area contributed by atoms with E-state index in [4.69, 9.17) is 0 Å². The fraction of sp³-hybridized carbons (Fsp3) is 0.286. The van der Waals surface area contributed by atoms with Gasteiger partial charge in [0, 0.05) is 17.6 Å². The average molecular weight is 379 g/mol. The number of anilines is 1. The van der Waals surface area contributed by atoms with Gasteiger partial charge in [-0.3, -0.25) is 4.98 Å². The highest BCUT2D eigenvalue weighted by Crippen LogP contribution is 2.32. The van der Waals surface area contributed by atoms with Gasteiger partial charge in [0.25, 0.3) is 0 Å². The number of carbonyl (C=O) groups excluding carboxylic acids is 1. The number of aromatic nitrogens is 3. The normalized spacial score (nSPS) is 15.7. The first-order chi connectivity index (χ1) is 13.6. The van der Waals surface area contributed by atoms with Gasteiger partial charge >= 0.3 is 6.03 Å². The number of amides is 2. The molecular weight excluding hydrogens is 357 g/mol. The number of carbonyl (C=O) groups is 1. The topological polar surface area (TPSA) is 71.8 Å². The van der Waals surface area contributed by atoms with E-state index >= 15 is 0 Å². The van der Waals surface area contributed by atoms with E-state index in [-0.39, 0.29) is 12.6 Å². The van der Waals surface area contributed by atoms with Crippen LogP contribution < -0.4 is 10.6 Å². The molecule has 0 saturated carbocycles. The molecular formula is C21H22FN5O. The summed E-state index contributed by atoms with van der Waals surface area (Å²) in [6.45, 7) is 2.27. The third-order valence-electron chi connectivity index (χ3n) is 5.05. The highest BCUT2D eigenvalue weighted by molar-refractivity contribution is 5.89. The number of hydrogen-bond donors (Lipinski definition) is 2. The summed E-state index contributed by atoms with van der Waals surface area (Å²) in [5.41, 5.74) is 3.80. The van der Waals surface area contributed by atoms with E-state index in [0.29, 0.717) is 17.4 Å². The zero-order valence-corrected chi connectivity index (χ0v) is 15.7. The Hall–Kier alpha value is -3.22. The van der Waals surface area contributed by atoms with Gasteiger partial charge in [-0.2, -0.15) is 0 Å². The minimum atomic E-state index is -0.399. The second kappa shape index (κ2) is 7.80. The van der Waals surface area contributed by atoms with Crippen molar-refractivity contribution in [3.05, 3.63) is 77.4 Å². The van der Waals surface area contributed by atoms with Gasteiger partial charge in [-0.25, -0.2) is 14.2 Å². The molecule has 0 bridgehead atoms. The summed E-state index contributed by atoms with van der Waals surface area (Å²) in [6, 6.07) is 10.7. The highest BCUT2D eigenvalue weighted by Gasteiger charge is 2.23. The lowest BCUT2D eigenvalue weighted by atomic mass is 9.96. The highest BCUT2D eigenvalue weighted by atomic mass is 19.1. The number of halogens is 1. The smallest absolute Gasteiger partial charge is 0.319 e. The number of aryl methyl sites for hydroxylation is 2. The van der Waals surface area contributed by atoms with E-state index in [1.807, 2.05) is 25.3 Å². The van der Waals surface area contributed by atoms with E-state index in [0.717, 1.165) is 31.3 Å². The molecule has 6 nitrogen and oxygen atoms in total. The molecule has 0 radical (unpaired) electrons. The number of nitrogens with one attached hydrogen (secondary N) is 2. The average Bonchev–Trinajstić information content (AvgIpc) is 3.09. The first-order valence-electron chi connectivity index (χ1n) is 9.38. The number of benzene rings is 1. The van der Waals surface area contributed by atoms with Gasteiger partial charge in [0.05, 0.1) is 24.5 Å². The first-order valence-corrected chi connectivity index (χ1v) is 9.38. The molecule has 1 aromatic carbocycles. The van der Waals surface area contributed by atoms with Gasteiger partial charge in [0.15, 0.2) is 0 Å². The van der Waals surface area contributed by atoms with Crippen LogP contribution in [0.4, 0.5) is 14.9 Å². The van der Waals surface area contributed by atoms with Gasteiger partial charge in [-0.05, 0) is 56.0 Å². The molecule has 1 aliphatic rings. The predicted octanol–water partition coefficient (Wildman–Crippen LogP) is 3.97. The first kappa shape index (κ1) is 18.2. The maximum Gasteiger partial charge on any atom is 0.319 e. The van der Waals surface area contributed by atoms with E-state index in [2.05, 4.69) is 37.3 Å². The van der Waals surface area contributed by atoms with Crippen LogP contribution in [0, 0.1) is 12.7 Å². The fourth-order valence-corrected chi connectivity index (χ4v) is 3.68. The van der Waals surface area contributed by atoms with Crippen molar-refractivity contribution in [2.24, 2.45) is 0 Å². The summed E-state index contributed by atoms with van der Waals surface area (Å²) in [5, 5.41) is 5.52. The number of urea groups is 1. The van der Waals surface area contributed by atoms with Crippen LogP contribution in [0.15, 0.2) is 48.8 Å². The minimum Gasteiger partial charge on any atom is -0.332 e. The number of rotatable bonds is 4. The van der Waals surface area contributed by atoms with Crippen LogP contribution in [-0.2, 0) is 13.0 Å². The minimum absolute atomic E-state index is 0.231. The zero-order valence-electron chi connectivity index (χ0n) is 15.7. The third kappa shape index (κ3) is 3.88. The van der Waals surface area contributed by atoms with E-state index in [9.17, 15) is 9.18 Å². The number of imidazole rings is 1. The molecule has 4 rings (SSSR count). The lowest BCUT2D eigenvalue weighted by Gasteiger charge is -2.27. The van der Waals surface area contributed by atoms with E-state index < -0.39 is 5.82 Å². The van der Waals surface area contributed by atoms with Crippen molar-refractivity contribution in [2.45, 2.75) is 38.8 Å². The van der Waals surface area contributed by atoms with Gasteiger partial charge in [0.1, 0.15) is 11.6 Å². The quantitative estimate of drug-likeness (QED) is 0.720. The molecule has 1 atom stereocenters. The van der Waals surface area contributed by atoms with Crippen LogP contribution in [0.3, 0.4) is 0 Å². The largest absolute Gasteiger partial charge is 0.332 e. The Kier molecular flexibility index (Phi) is 5.06. The van der Waals surface area contributed by atoms with E-state index in [1.54, 1.807) is 6.07 Å². The Balaban J connectivity index is 1.38. The standard InChI is InChI=1S/C21H22FN5O/c1-14-23-13-19-3-2-4-20(27(14)19)15-5-8-17(9-6-15)26-21(28)25-12-18-10-7-16(22)11-24-18/h5-11,13,20H,2-4,12H2,1H3,(H2,25,26,28)/t20-/m0/s1. The van der Waals surface area contributed by atoms with Crippen molar-refractivity contribution in [1.29, 1.82) is 0 Å². The summed E-state index contributed by atoms with van der Waals surface area (Å²) < 4.78 is 15.2. The van der Waals surface area contributed by atoms with Crippen LogP contribution in [0.5, 0.6) is 0 Å². The maximum absolute atomic E-state index is 12.9. The predicted molar refractivity (Wildman–Crippen MR) is 105 cm³/mol. The summed E-state index contributed by atoms with van der Waals surface area (Å²) in [6.07, 6.45) is 6.40. The van der Waals surface area contributed by atoms with Crippen molar-refractivity contribution in [3.63, 3.8) is 0 Å². The van der Waals surface area contributed by atoms with Gasteiger partial charge in [0.2, 0.25) is 0 Å². The molecule has 0 fully saturated rings. The Labute approximate surface area is 162 Å². The van der Waals surface area contributed by atoms with Crippen molar-refractivity contribution >= 4 is 11.7 Å². The summed E-state index contributed by atoms with van der Waals surface area (Å²) in [7, 11) is 0. The lowest BCUT2D eigenvalue weighted by molar-refractivity contribution is 0.251. The molecule has 2 N–H and O–H groups in total. The van der Waals surface area contributed by atoms with Crippen LogP contribution in [0.1, 0.15) is 41.7 Å². The van der Waals surface area contributed by atoms with Gasteiger partial charge in [-0.1, -0.05) is 12.1 Å². The van der Waals surface area contributed by atoms with Crippen molar-refractivity contribution in [3.8, 4) is 0 Å². The number of hydrogen-bond acceptors (Lipinski definition) is 3. The molecule has 0 saturated heterocycles. The van der Waals surface area contributed by atoms with Gasteiger partial charge < -0.3 is 15.2 Å². The number of pyridine rings is 1. The number of nitrogens with zero attached hydrogens (tertiary/aromatic N) is 3. The van der Waals surface area contributed by atoms with Crippen LogP contribution >= 0.6 is 0 Å². The summed E-state index contributed by atoms with van der Waals surface area (Å²) in [5.74, 6) is 0.639. The molecule has 7 heteroatoms. The lowest BCUT2D eigenvalue weighted by Crippen LogP contribution is -2.28.